The number of quaternary nitrogens is 1. The SMILES string of the molecule is CC(C)C[C@H](CC(=O)CNC(=O)c1cc(Cl)ccc1Cl)[B-]12OC[C@@H](C)[N+]1(C)[C@@H](C)C(=O)O2. The number of carbonyl (C=O) groups is 3. The predicted octanol–water partition coefficient (Wildman–Crippen LogP) is 3.85. The van der Waals surface area contributed by atoms with Crippen LogP contribution in [-0.4, -0.2) is 61.0 Å². The number of nitrogens with one attached hydrogen (secondary N) is 1. The maximum Gasteiger partial charge on any atom is 0.531 e. The van der Waals surface area contributed by atoms with Crippen LogP contribution in [-0.2, 0) is 18.9 Å². The summed E-state index contributed by atoms with van der Waals surface area (Å²) < 4.78 is 12.5. The minimum Gasteiger partial charge on any atom is -0.610 e. The van der Waals surface area contributed by atoms with Crippen molar-refractivity contribution in [2.75, 3.05) is 20.2 Å². The number of hydrogen-bond donors (Lipinski definition) is 1. The molecule has 176 valence electrons. The Bertz CT molecular complexity index is 930. The van der Waals surface area contributed by atoms with Gasteiger partial charge in [-0.3, -0.25) is 9.59 Å². The van der Waals surface area contributed by atoms with Gasteiger partial charge in [-0.25, -0.2) is 4.79 Å². The van der Waals surface area contributed by atoms with Crippen molar-refractivity contribution in [3.05, 3.63) is 33.8 Å². The Morgan fingerprint density at radius 3 is 2.62 bits per heavy atom. The summed E-state index contributed by atoms with van der Waals surface area (Å²) in [5, 5.41) is 3.27. The van der Waals surface area contributed by atoms with Gasteiger partial charge in [0.1, 0.15) is 11.8 Å². The molecule has 0 aromatic heterocycles. The van der Waals surface area contributed by atoms with Crippen molar-refractivity contribution in [1.29, 1.82) is 0 Å². The molecule has 1 aromatic carbocycles. The number of amides is 1. The molecule has 3 rings (SSSR count). The lowest BCUT2D eigenvalue weighted by Crippen LogP contribution is -2.68. The summed E-state index contributed by atoms with van der Waals surface area (Å²) in [6.07, 6.45) is 0.808. The van der Waals surface area contributed by atoms with Gasteiger partial charge < -0.3 is 19.0 Å². The van der Waals surface area contributed by atoms with Gasteiger partial charge in [0.25, 0.3) is 5.91 Å². The van der Waals surface area contributed by atoms with Crippen molar-refractivity contribution in [3.8, 4) is 0 Å². The summed E-state index contributed by atoms with van der Waals surface area (Å²) in [5.41, 5.74) is 0.212. The van der Waals surface area contributed by atoms with Crippen LogP contribution in [0.2, 0.25) is 15.9 Å². The Kier molecular flexibility index (Phi) is 7.30. The molecule has 2 saturated heterocycles. The average Bonchev–Trinajstić information content (AvgIpc) is 3.09. The van der Waals surface area contributed by atoms with Crippen LogP contribution in [0, 0.1) is 5.92 Å². The molecule has 1 aromatic rings. The average molecular weight is 485 g/mol. The van der Waals surface area contributed by atoms with E-state index in [1.54, 1.807) is 6.07 Å². The van der Waals surface area contributed by atoms with E-state index in [1.807, 2.05) is 20.9 Å². The number of fused-ring (bicyclic) bond motifs is 1. The van der Waals surface area contributed by atoms with Gasteiger partial charge in [0, 0.05) is 12.1 Å². The third kappa shape index (κ3) is 4.30. The highest BCUT2D eigenvalue weighted by Crippen LogP contribution is 2.50. The lowest BCUT2D eigenvalue weighted by Gasteiger charge is -2.50. The highest BCUT2D eigenvalue weighted by Gasteiger charge is 2.70. The lowest BCUT2D eigenvalue weighted by molar-refractivity contribution is -0.844. The van der Waals surface area contributed by atoms with Gasteiger partial charge in [-0.1, -0.05) is 43.5 Å². The van der Waals surface area contributed by atoms with E-state index in [0.29, 0.717) is 22.4 Å². The fourth-order valence-corrected chi connectivity index (χ4v) is 5.67. The maximum absolute atomic E-state index is 12.9. The van der Waals surface area contributed by atoms with E-state index in [0.717, 1.165) is 0 Å². The first kappa shape index (κ1) is 25.0. The Labute approximate surface area is 199 Å². The van der Waals surface area contributed by atoms with E-state index in [9.17, 15) is 14.4 Å². The van der Waals surface area contributed by atoms with Crippen molar-refractivity contribution in [2.24, 2.45) is 5.92 Å². The van der Waals surface area contributed by atoms with Crippen LogP contribution in [0.3, 0.4) is 0 Å². The number of rotatable bonds is 8. The summed E-state index contributed by atoms with van der Waals surface area (Å²) in [6, 6.07) is 4.30. The Morgan fingerprint density at radius 2 is 1.97 bits per heavy atom. The molecule has 2 heterocycles. The second-order valence-electron chi connectivity index (χ2n) is 9.68. The third-order valence-electron chi connectivity index (χ3n) is 7.24. The van der Waals surface area contributed by atoms with Crippen LogP contribution in [0.5, 0.6) is 0 Å². The minimum absolute atomic E-state index is 0.0749. The van der Waals surface area contributed by atoms with Crippen molar-refractivity contribution in [1.82, 2.24) is 5.32 Å². The largest absolute Gasteiger partial charge is 0.610 e. The van der Waals surface area contributed by atoms with E-state index < -0.39 is 12.6 Å². The molecule has 2 aliphatic rings. The molecule has 0 radical (unpaired) electrons. The topological polar surface area (TPSA) is 81.7 Å². The number of hydrogen-bond acceptors (Lipinski definition) is 5. The van der Waals surface area contributed by atoms with Crippen LogP contribution in [0.15, 0.2) is 18.2 Å². The first-order valence-corrected chi connectivity index (χ1v) is 11.8. The standard InChI is InChI=1S/C22H31BCl2N2O5/c1-13(2)8-16(23-27(5,14(3)12-31-23)15(4)22(30)32-23)9-18(28)11-26-21(29)19-10-17(24)6-7-20(19)25/h6-7,10,13-16H,8-9,11-12H2,1-5H3,(H,26,29)/t14-,15+,16-,23?,27?/m1/s1. The van der Waals surface area contributed by atoms with Gasteiger partial charge in [-0.15, -0.1) is 0 Å². The van der Waals surface area contributed by atoms with Crippen molar-refractivity contribution in [2.45, 2.75) is 58.4 Å². The highest BCUT2D eigenvalue weighted by atomic mass is 35.5. The lowest BCUT2D eigenvalue weighted by atomic mass is 9.51. The summed E-state index contributed by atoms with van der Waals surface area (Å²) in [5.74, 6) is -0.931. The molecule has 2 fully saturated rings. The molecule has 0 saturated carbocycles. The second-order valence-corrected chi connectivity index (χ2v) is 10.5. The van der Waals surface area contributed by atoms with Crippen molar-refractivity contribution >= 4 is 47.5 Å². The third-order valence-corrected chi connectivity index (χ3v) is 7.81. The first-order chi connectivity index (χ1) is 14.9. The zero-order valence-electron chi connectivity index (χ0n) is 19.2. The zero-order valence-corrected chi connectivity index (χ0v) is 20.7. The van der Waals surface area contributed by atoms with Gasteiger partial charge in [0.05, 0.1) is 29.8 Å². The molecule has 10 heteroatoms. The van der Waals surface area contributed by atoms with Crippen molar-refractivity contribution < 1.29 is 28.1 Å². The quantitative estimate of drug-likeness (QED) is 0.566. The van der Waals surface area contributed by atoms with Gasteiger partial charge in [0.2, 0.25) is 0 Å². The van der Waals surface area contributed by atoms with E-state index in [4.69, 9.17) is 32.5 Å². The van der Waals surface area contributed by atoms with Gasteiger partial charge in [-0.05, 0) is 50.2 Å². The number of benzene rings is 1. The molecule has 1 N–H and O–H groups in total. The molecule has 0 spiro atoms. The van der Waals surface area contributed by atoms with Gasteiger partial charge >= 0.3 is 12.7 Å². The summed E-state index contributed by atoms with van der Waals surface area (Å²) in [7, 11) is 1.99. The molecule has 7 nitrogen and oxygen atoms in total. The molecule has 2 unspecified atom stereocenters. The summed E-state index contributed by atoms with van der Waals surface area (Å²) >= 11 is 12.0. The zero-order chi connectivity index (χ0) is 23.8. The van der Waals surface area contributed by atoms with Crippen LogP contribution in [0.1, 0.15) is 50.9 Å². The molecule has 5 atom stereocenters. The number of ketones is 1. The molecule has 2 aliphatic heterocycles. The molecule has 0 bridgehead atoms. The number of Topliss-reactive ketones (excluding diaryl/α,β-unsaturated/α-hetero) is 1. The van der Waals surface area contributed by atoms with Crippen LogP contribution < -0.4 is 5.32 Å². The number of halogens is 2. The van der Waals surface area contributed by atoms with Gasteiger partial charge in [-0.2, -0.15) is 0 Å². The van der Waals surface area contributed by atoms with E-state index >= 15 is 0 Å². The van der Waals surface area contributed by atoms with E-state index in [-0.39, 0.29) is 59.1 Å². The smallest absolute Gasteiger partial charge is 0.531 e. The Hall–Kier alpha value is -1.61. The Morgan fingerprint density at radius 1 is 1.28 bits per heavy atom. The second kappa shape index (κ2) is 9.33. The van der Waals surface area contributed by atoms with Crippen molar-refractivity contribution in [3.63, 3.8) is 0 Å². The number of nitrogens with zero attached hydrogens (tertiary/aromatic N) is 1. The molecular formula is C22H31BCl2N2O5. The normalized spacial score (nSPS) is 30.2. The van der Waals surface area contributed by atoms with Crippen LogP contribution in [0.4, 0.5) is 0 Å². The predicted molar refractivity (Wildman–Crippen MR) is 125 cm³/mol. The number of likely N-dealkylation sites (N-methyl/N-ethyl adjacent to an activating group) is 1. The van der Waals surface area contributed by atoms with Gasteiger partial charge in [0.15, 0.2) is 0 Å². The maximum atomic E-state index is 12.9. The number of carbonyl (C=O) groups excluding carboxylic acids is 3. The fraction of sp³-hybridized carbons (Fsp3) is 0.591. The molecule has 32 heavy (non-hydrogen) atoms. The first-order valence-electron chi connectivity index (χ1n) is 11.0. The van der Waals surface area contributed by atoms with Crippen LogP contribution >= 0.6 is 23.2 Å². The molecule has 0 aliphatic carbocycles. The van der Waals surface area contributed by atoms with Crippen LogP contribution in [0.25, 0.3) is 0 Å². The monoisotopic (exact) mass is 484 g/mol. The molecular weight excluding hydrogens is 454 g/mol. The summed E-state index contributed by atoms with van der Waals surface area (Å²) in [6.45, 7) is 6.30. The molecule has 1 amide bonds. The fourth-order valence-electron chi connectivity index (χ4n) is 5.29. The minimum atomic E-state index is -2.05. The summed E-state index contributed by atoms with van der Waals surface area (Å²) in [4.78, 5) is 38.0. The highest BCUT2D eigenvalue weighted by molar-refractivity contribution is 6.65. The van der Waals surface area contributed by atoms with E-state index in [2.05, 4.69) is 19.2 Å². The van der Waals surface area contributed by atoms with E-state index in [1.165, 1.54) is 12.1 Å². The Balaban J connectivity index is 1.76.